The predicted octanol–water partition coefficient (Wildman–Crippen LogP) is 3.65. The molecule has 0 aliphatic heterocycles. The van der Waals surface area contributed by atoms with Crippen LogP contribution in [0.25, 0.3) is 0 Å². The highest BCUT2D eigenvalue weighted by Crippen LogP contribution is 2.36. The smallest absolute Gasteiger partial charge is 0.150 e. The number of hydrogen-bond acceptors (Lipinski definition) is 2. The van der Waals surface area contributed by atoms with Crippen molar-refractivity contribution in [2.75, 3.05) is 0 Å². The Hall–Kier alpha value is -0.890. The molecule has 0 saturated heterocycles. The van der Waals surface area contributed by atoms with Crippen molar-refractivity contribution >= 4 is 24.2 Å². The van der Waals surface area contributed by atoms with Crippen LogP contribution in [0, 0.1) is 11.8 Å². The van der Waals surface area contributed by atoms with Crippen molar-refractivity contribution in [3.05, 3.63) is 22.8 Å². The summed E-state index contributed by atoms with van der Waals surface area (Å²) in [6.45, 7) is 5.75. The molecule has 0 aromatic rings. The highest BCUT2D eigenvalue weighted by Gasteiger charge is 2.24. The second kappa shape index (κ2) is 6.75. The van der Waals surface area contributed by atoms with Crippen molar-refractivity contribution < 1.29 is 9.59 Å². The average molecular weight is 255 g/mol. The number of rotatable bonds is 5. The van der Waals surface area contributed by atoms with Gasteiger partial charge in [0.05, 0.1) is 5.03 Å². The quantitative estimate of drug-likeness (QED) is 0.426. The maximum absolute atomic E-state index is 11.1. The minimum Gasteiger partial charge on any atom is -0.298 e. The molecule has 0 heterocycles. The number of halogens is 1. The number of hydrogen-bond donors (Lipinski definition) is 0. The molecule has 1 saturated carbocycles. The fraction of sp³-hybridized carbons (Fsp3) is 0.571. The van der Waals surface area contributed by atoms with Gasteiger partial charge in [0.15, 0.2) is 6.29 Å². The molecule has 2 nitrogen and oxygen atoms in total. The van der Waals surface area contributed by atoms with Crippen LogP contribution in [-0.4, -0.2) is 12.6 Å². The van der Waals surface area contributed by atoms with Gasteiger partial charge in [-0.3, -0.25) is 9.59 Å². The summed E-state index contributed by atoms with van der Waals surface area (Å²) >= 11 is 6.02. The first kappa shape index (κ1) is 14.2. The van der Waals surface area contributed by atoms with E-state index in [9.17, 15) is 9.59 Å². The summed E-state index contributed by atoms with van der Waals surface area (Å²) in [5, 5.41) is 0.245. The van der Waals surface area contributed by atoms with Crippen LogP contribution in [0.3, 0.4) is 0 Å². The van der Waals surface area contributed by atoms with E-state index in [-0.39, 0.29) is 16.5 Å². The molecule has 0 radical (unpaired) electrons. The molecule has 1 rings (SSSR count). The van der Waals surface area contributed by atoms with Gasteiger partial charge in [0.25, 0.3) is 0 Å². The minimum absolute atomic E-state index is 0.194. The van der Waals surface area contributed by atoms with Crippen LogP contribution in [0.5, 0.6) is 0 Å². The van der Waals surface area contributed by atoms with Crippen LogP contribution in [0.4, 0.5) is 0 Å². The summed E-state index contributed by atoms with van der Waals surface area (Å²) in [7, 11) is 0. The van der Waals surface area contributed by atoms with E-state index in [1.807, 2.05) is 0 Å². The zero-order chi connectivity index (χ0) is 12.8. The largest absolute Gasteiger partial charge is 0.298 e. The summed E-state index contributed by atoms with van der Waals surface area (Å²) in [6.07, 6.45) is 6.81. The molecule has 94 valence electrons. The fourth-order valence-corrected chi connectivity index (χ4v) is 2.69. The lowest BCUT2D eigenvalue weighted by molar-refractivity contribution is -0.105. The molecule has 3 heteroatoms. The van der Waals surface area contributed by atoms with Gasteiger partial charge >= 0.3 is 0 Å². The van der Waals surface area contributed by atoms with E-state index in [0.717, 1.165) is 37.9 Å². The molecular weight excluding hydrogens is 236 g/mol. The Morgan fingerprint density at radius 2 is 1.82 bits per heavy atom. The van der Waals surface area contributed by atoms with Crippen molar-refractivity contribution in [3.63, 3.8) is 0 Å². The monoisotopic (exact) mass is 254 g/mol. The van der Waals surface area contributed by atoms with Crippen molar-refractivity contribution in [1.29, 1.82) is 0 Å². The minimum atomic E-state index is 0.194. The van der Waals surface area contributed by atoms with Crippen LogP contribution in [0.1, 0.15) is 39.0 Å². The maximum Gasteiger partial charge on any atom is 0.150 e. The van der Waals surface area contributed by atoms with E-state index < -0.39 is 0 Å². The van der Waals surface area contributed by atoms with Crippen LogP contribution >= 0.6 is 11.6 Å². The van der Waals surface area contributed by atoms with Crippen LogP contribution in [0.2, 0.25) is 0 Å². The van der Waals surface area contributed by atoms with Gasteiger partial charge < -0.3 is 0 Å². The molecule has 17 heavy (non-hydrogen) atoms. The molecule has 0 amide bonds. The molecule has 0 bridgehead atoms. The molecule has 0 aromatic carbocycles. The summed E-state index contributed by atoms with van der Waals surface area (Å²) in [5.41, 5.74) is 0.754. The molecule has 0 unspecified atom stereocenters. The lowest BCUT2D eigenvalue weighted by Crippen LogP contribution is -2.17. The SMILES string of the molecule is C=C(C=O)/C(Cl)=C(\C=O)C1CCC(CC)CC1. The van der Waals surface area contributed by atoms with E-state index in [2.05, 4.69) is 13.5 Å². The fourth-order valence-electron chi connectivity index (χ4n) is 2.45. The summed E-state index contributed by atoms with van der Waals surface area (Å²) < 4.78 is 0. The Morgan fingerprint density at radius 1 is 1.24 bits per heavy atom. The average Bonchev–Trinajstić information content (AvgIpc) is 2.39. The predicted molar refractivity (Wildman–Crippen MR) is 69.9 cm³/mol. The Balaban J connectivity index is 2.79. The van der Waals surface area contributed by atoms with Gasteiger partial charge in [-0.15, -0.1) is 0 Å². The first-order valence-corrected chi connectivity index (χ1v) is 6.51. The molecule has 1 aliphatic carbocycles. The summed E-state index contributed by atoms with van der Waals surface area (Å²) in [4.78, 5) is 21.7. The molecule has 0 spiro atoms. The van der Waals surface area contributed by atoms with Crippen molar-refractivity contribution in [1.82, 2.24) is 0 Å². The van der Waals surface area contributed by atoms with Crippen LogP contribution in [0.15, 0.2) is 22.8 Å². The van der Waals surface area contributed by atoms with Crippen molar-refractivity contribution in [2.24, 2.45) is 11.8 Å². The number of carbonyl (C=O) groups excluding carboxylic acids is 2. The van der Waals surface area contributed by atoms with E-state index in [0.29, 0.717) is 11.9 Å². The third-order valence-corrected chi connectivity index (χ3v) is 4.13. The van der Waals surface area contributed by atoms with Crippen LogP contribution < -0.4 is 0 Å². The zero-order valence-corrected chi connectivity index (χ0v) is 11.0. The van der Waals surface area contributed by atoms with E-state index in [1.165, 1.54) is 6.42 Å². The zero-order valence-electron chi connectivity index (χ0n) is 10.2. The van der Waals surface area contributed by atoms with Gasteiger partial charge in [-0.2, -0.15) is 0 Å². The Bertz CT molecular complexity index is 336. The van der Waals surface area contributed by atoms with Crippen LogP contribution in [-0.2, 0) is 9.59 Å². The summed E-state index contributed by atoms with van der Waals surface area (Å²) in [5.74, 6) is 0.965. The lowest BCUT2D eigenvalue weighted by atomic mass is 9.77. The summed E-state index contributed by atoms with van der Waals surface area (Å²) in [6, 6.07) is 0. The van der Waals surface area contributed by atoms with E-state index in [4.69, 9.17) is 11.6 Å². The van der Waals surface area contributed by atoms with Gasteiger partial charge in [0, 0.05) is 11.1 Å². The molecule has 0 atom stereocenters. The second-order valence-electron chi connectivity index (χ2n) is 4.66. The van der Waals surface area contributed by atoms with E-state index in [1.54, 1.807) is 0 Å². The number of allylic oxidation sites excluding steroid dienone is 3. The third kappa shape index (κ3) is 3.53. The Labute approximate surface area is 108 Å². The standard InChI is InChI=1S/C14H19ClO2/c1-3-11-4-6-12(7-5-11)13(9-17)14(15)10(2)8-16/h8-9,11-12H,2-7H2,1H3/b14-13-. The Kier molecular flexibility index (Phi) is 5.63. The number of aldehydes is 2. The topological polar surface area (TPSA) is 34.1 Å². The number of carbonyl (C=O) groups is 2. The first-order valence-electron chi connectivity index (χ1n) is 6.13. The van der Waals surface area contributed by atoms with Gasteiger partial charge in [-0.25, -0.2) is 0 Å². The molecule has 0 N–H and O–H groups in total. The van der Waals surface area contributed by atoms with Crippen molar-refractivity contribution in [3.8, 4) is 0 Å². The third-order valence-electron chi connectivity index (χ3n) is 3.67. The second-order valence-corrected chi connectivity index (χ2v) is 5.03. The molecular formula is C14H19ClO2. The normalized spacial score (nSPS) is 26.0. The Morgan fingerprint density at radius 3 is 2.24 bits per heavy atom. The van der Waals surface area contributed by atoms with Gasteiger partial charge in [-0.1, -0.05) is 31.5 Å². The lowest BCUT2D eigenvalue weighted by Gasteiger charge is -2.28. The molecule has 0 aromatic heterocycles. The first-order chi connectivity index (χ1) is 8.13. The van der Waals surface area contributed by atoms with Gasteiger partial charge in [0.1, 0.15) is 6.29 Å². The van der Waals surface area contributed by atoms with Gasteiger partial charge in [-0.05, 0) is 37.5 Å². The van der Waals surface area contributed by atoms with E-state index >= 15 is 0 Å². The molecule has 1 fully saturated rings. The van der Waals surface area contributed by atoms with Crippen molar-refractivity contribution in [2.45, 2.75) is 39.0 Å². The maximum atomic E-state index is 11.1. The molecule has 1 aliphatic rings. The highest BCUT2D eigenvalue weighted by molar-refractivity contribution is 6.35. The van der Waals surface area contributed by atoms with Gasteiger partial charge in [0.2, 0.25) is 0 Å². The highest BCUT2D eigenvalue weighted by atomic mass is 35.5.